The molecule has 4 aromatic rings. The van der Waals surface area contributed by atoms with Crippen LogP contribution in [0.4, 0.5) is 4.79 Å². The zero-order valence-corrected chi connectivity index (χ0v) is 21.7. The summed E-state index contributed by atoms with van der Waals surface area (Å²) in [5, 5.41) is 2.77. The van der Waals surface area contributed by atoms with E-state index in [1.807, 2.05) is 66.7 Å². The van der Waals surface area contributed by atoms with E-state index in [2.05, 4.69) is 10.0 Å². The number of sulfonamides is 1. The van der Waals surface area contributed by atoms with Crippen molar-refractivity contribution in [2.45, 2.75) is 24.8 Å². The number of benzene rings is 4. The van der Waals surface area contributed by atoms with Crippen LogP contribution in [0.15, 0.2) is 108 Å². The van der Waals surface area contributed by atoms with E-state index in [-0.39, 0.29) is 17.2 Å². The van der Waals surface area contributed by atoms with E-state index in [0.717, 1.165) is 11.1 Å². The van der Waals surface area contributed by atoms with Gasteiger partial charge in [0.15, 0.2) is 5.78 Å². The number of rotatable bonds is 10. The first-order valence-corrected chi connectivity index (χ1v) is 13.6. The van der Waals surface area contributed by atoms with Crippen molar-refractivity contribution in [2.75, 3.05) is 6.54 Å². The second kappa shape index (κ2) is 12.3. The van der Waals surface area contributed by atoms with Gasteiger partial charge in [0.25, 0.3) is 0 Å². The maximum atomic E-state index is 12.9. The molecule has 0 bridgehead atoms. The fourth-order valence-corrected chi connectivity index (χ4v) is 4.94. The van der Waals surface area contributed by atoms with Crippen LogP contribution >= 0.6 is 0 Å². The van der Waals surface area contributed by atoms with Crippen LogP contribution in [0.1, 0.15) is 28.4 Å². The maximum absolute atomic E-state index is 12.9. The normalized spacial score (nSPS) is 11.1. The Balaban J connectivity index is 1.46. The quantitative estimate of drug-likeness (QED) is 0.270. The molecule has 194 valence electrons. The predicted molar refractivity (Wildman–Crippen MR) is 147 cm³/mol. The van der Waals surface area contributed by atoms with Crippen LogP contribution in [0.25, 0.3) is 11.1 Å². The van der Waals surface area contributed by atoms with Gasteiger partial charge in [0.05, 0.1) is 4.90 Å². The van der Waals surface area contributed by atoms with Crippen molar-refractivity contribution in [1.82, 2.24) is 10.0 Å². The average Bonchev–Trinajstić information content (AvgIpc) is 2.93. The lowest BCUT2D eigenvalue weighted by molar-refractivity contribution is 0.101. The monoisotopic (exact) mass is 528 g/mol. The lowest BCUT2D eigenvalue weighted by Gasteiger charge is -2.15. The Morgan fingerprint density at radius 3 is 2.11 bits per heavy atom. The van der Waals surface area contributed by atoms with Gasteiger partial charge in [-0.3, -0.25) is 4.79 Å². The molecule has 0 aliphatic heterocycles. The highest BCUT2D eigenvalue weighted by molar-refractivity contribution is 7.89. The standard InChI is InChI=1S/C30H28N2O5S/c1-22(33)24-15-17-26(18-16-24)38(35,36)32-21-25-11-5-6-12-27(25)28-13-7-8-14-29(28)37-30(34)31-20-19-23-9-3-2-4-10-23/h2-18,32H,19-21H2,1H3,(H,31,34). The molecule has 8 heteroatoms. The van der Waals surface area contributed by atoms with Gasteiger partial charge in [-0.25, -0.2) is 17.9 Å². The predicted octanol–water partition coefficient (Wildman–Crippen LogP) is 5.37. The van der Waals surface area contributed by atoms with E-state index in [1.165, 1.54) is 31.2 Å². The largest absolute Gasteiger partial charge is 0.412 e. The molecule has 0 fully saturated rings. The summed E-state index contributed by atoms with van der Waals surface area (Å²) in [6.45, 7) is 1.87. The molecule has 0 aliphatic rings. The Hall–Kier alpha value is -4.27. The summed E-state index contributed by atoms with van der Waals surface area (Å²) in [5.41, 5.74) is 3.65. The summed E-state index contributed by atoms with van der Waals surface area (Å²) in [6.07, 6.45) is 0.110. The summed E-state index contributed by atoms with van der Waals surface area (Å²) in [7, 11) is -3.82. The van der Waals surface area contributed by atoms with E-state index < -0.39 is 16.1 Å². The van der Waals surface area contributed by atoms with Crippen LogP contribution < -0.4 is 14.8 Å². The Bertz CT molecular complexity index is 1520. The number of carbonyl (C=O) groups excluding carboxylic acids is 2. The molecule has 0 aliphatic carbocycles. The molecule has 4 rings (SSSR count). The van der Waals surface area contributed by atoms with Crippen molar-refractivity contribution in [2.24, 2.45) is 0 Å². The molecule has 0 atom stereocenters. The van der Waals surface area contributed by atoms with Gasteiger partial charge in [-0.2, -0.15) is 0 Å². The molecule has 4 aromatic carbocycles. The Morgan fingerprint density at radius 2 is 1.39 bits per heavy atom. The van der Waals surface area contributed by atoms with Crippen molar-refractivity contribution in [3.8, 4) is 16.9 Å². The number of Topliss-reactive ketones (excluding diaryl/α,β-unsaturated/α-hetero) is 1. The van der Waals surface area contributed by atoms with Gasteiger partial charge in [-0.1, -0.05) is 84.9 Å². The van der Waals surface area contributed by atoms with Crippen LogP contribution in [0.2, 0.25) is 0 Å². The second-order valence-corrected chi connectivity index (χ2v) is 10.4. The molecule has 0 spiro atoms. The third-order valence-electron chi connectivity index (χ3n) is 5.95. The number of nitrogens with one attached hydrogen (secondary N) is 2. The summed E-state index contributed by atoms with van der Waals surface area (Å²) in [5.74, 6) is 0.224. The molecule has 2 N–H and O–H groups in total. The van der Waals surface area contributed by atoms with Crippen molar-refractivity contribution in [3.63, 3.8) is 0 Å². The number of para-hydroxylation sites is 1. The van der Waals surface area contributed by atoms with Crippen LogP contribution in [-0.4, -0.2) is 26.8 Å². The third-order valence-corrected chi connectivity index (χ3v) is 7.36. The second-order valence-electron chi connectivity index (χ2n) is 8.61. The summed E-state index contributed by atoms with van der Waals surface area (Å²) in [6, 6.07) is 30.1. The van der Waals surface area contributed by atoms with Gasteiger partial charge < -0.3 is 10.1 Å². The van der Waals surface area contributed by atoms with Crippen LogP contribution in [-0.2, 0) is 23.0 Å². The average molecular weight is 529 g/mol. The maximum Gasteiger partial charge on any atom is 0.412 e. The molecule has 38 heavy (non-hydrogen) atoms. The Labute approximate surface area is 222 Å². The molecule has 0 heterocycles. The summed E-state index contributed by atoms with van der Waals surface area (Å²) < 4.78 is 34.0. The zero-order chi connectivity index (χ0) is 27.0. The molecule has 0 saturated carbocycles. The molecule has 7 nitrogen and oxygen atoms in total. The van der Waals surface area contributed by atoms with Crippen LogP contribution in [0, 0.1) is 0 Å². The number of carbonyl (C=O) groups is 2. The van der Waals surface area contributed by atoms with Gasteiger partial charge >= 0.3 is 6.09 Å². The van der Waals surface area contributed by atoms with Gasteiger partial charge in [-0.05, 0) is 48.2 Å². The molecule has 0 aromatic heterocycles. The Kier molecular flexibility index (Phi) is 8.68. The minimum Gasteiger partial charge on any atom is -0.410 e. The summed E-state index contributed by atoms with van der Waals surface area (Å²) in [4.78, 5) is 24.1. The molecule has 0 saturated heterocycles. The smallest absolute Gasteiger partial charge is 0.410 e. The topological polar surface area (TPSA) is 102 Å². The molecule has 0 radical (unpaired) electrons. The molecular formula is C30H28N2O5S. The number of ketones is 1. The Morgan fingerprint density at radius 1 is 0.763 bits per heavy atom. The lowest BCUT2D eigenvalue weighted by atomic mass is 9.99. The van der Waals surface area contributed by atoms with E-state index in [9.17, 15) is 18.0 Å². The number of ether oxygens (including phenoxy) is 1. The van der Waals surface area contributed by atoms with E-state index in [1.54, 1.807) is 12.1 Å². The first-order valence-electron chi connectivity index (χ1n) is 12.1. The highest BCUT2D eigenvalue weighted by atomic mass is 32.2. The fraction of sp³-hybridized carbons (Fsp3) is 0.133. The lowest BCUT2D eigenvalue weighted by Crippen LogP contribution is -2.29. The van der Waals surface area contributed by atoms with Gasteiger partial charge in [0.2, 0.25) is 10.0 Å². The van der Waals surface area contributed by atoms with Crippen molar-refractivity contribution >= 4 is 21.9 Å². The molecule has 0 unspecified atom stereocenters. The summed E-state index contributed by atoms with van der Waals surface area (Å²) >= 11 is 0. The van der Waals surface area contributed by atoms with Crippen LogP contribution in [0.5, 0.6) is 5.75 Å². The van der Waals surface area contributed by atoms with Gasteiger partial charge in [-0.15, -0.1) is 0 Å². The highest BCUT2D eigenvalue weighted by Gasteiger charge is 2.17. The third kappa shape index (κ3) is 6.94. The molecular weight excluding hydrogens is 500 g/mol. The SMILES string of the molecule is CC(=O)c1ccc(S(=O)(=O)NCc2ccccc2-c2ccccc2OC(=O)NCCc2ccccc2)cc1. The highest BCUT2D eigenvalue weighted by Crippen LogP contribution is 2.32. The van der Waals surface area contributed by atoms with Gasteiger partial charge in [0.1, 0.15) is 5.75 Å². The first-order chi connectivity index (χ1) is 18.3. The van der Waals surface area contributed by atoms with E-state index >= 15 is 0 Å². The van der Waals surface area contributed by atoms with Crippen molar-refractivity contribution in [3.05, 3.63) is 120 Å². The number of hydrogen-bond donors (Lipinski definition) is 2. The number of hydrogen-bond acceptors (Lipinski definition) is 5. The molecule has 1 amide bonds. The van der Waals surface area contributed by atoms with E-state index in [0.29, 0.717) is 35.4 Å². The van der Waals surface area contributed by atoms with Gasteiger partial charge in [0, 0.05) is 24.2 Å². The van der Waals surface area contributed by atoms with Crippen molar-refractivity contribution < 1.29 is 22.7 Å². The zero-order valence-electron chi connectivity index (χ0n) is 20.9. The number of amides is 1. The van der Waals surface area contributed by atoms with Crippen molar-refractivity contribution in [1.29, 1.82) is 0 Å². The fourth-order valence-electron chi connectivity index (χ4n) is 3.93. The minimum absolute atomic E-state index is 0.0184. The van der Waals surface area contributed by atoms with Crippen LogP contribution in [0.3, 0.4) is 0 Å². The first kappa shape index (κ1) is 26.8. The van der Waals surface area contributed by atoms with E-state index in [4.69, 9.17) is 4.74 Å². The minimum atomic E-state index is -3.82.